The van der Waals surface area contributed by atoms with Crippen LogP contribution in [0.25, 0.3) is 0 Å². The van der Waals surface area contributed by atoms with Crippen molar-refractivity contribution in [3.63, 3.8) is 0 Å². The molecule has 0 spiro atoms. The van der Waals surface area contributed by atoms with Gasteiger partial charge in [-0.2, -0.15) is 0 Å². The van der Waals surface area contributed by atoms with Crippen LogP contribution in [0.2, 0.25) is 0 Å². The van der Waals surface area contributed by atoms with Gasteiger partial charge in [0.2, 0.25) is 0 Å². The van der Waals surface area contributed by atoms with E-state index in [1.165, 1.54) is 18.1 Å². The van der Waals surface area contributed by atoms with Gasteiger partial charge in [0, 0.05) is 12.4 Å². The molecular weight excluding hydrogens is 315 g/mol. The van der Waals surface area contributed by atoms with Crippen molar-refractivity contribution in [2.24, 2.45) is 5.92 Å². The first-order chi connectivity index (χ1) is 6.65. The van der Waals surface area contributed by atoms with Gasteiger partial charge in [0.05, 0.1) is 6.33 Å². The highest BCUT2D eigenvalue weighted by Crippen LogP contribution is 2.20. The third-order valence-electron chi connectivity index (χ3n) is 1.58. The second-order valence-electron chi connectivity index (χ2n) is 2.95. The summed E-state index contributed by atoms with van der Waals surface area (Å²) in [7, 11) is 0. The first kappa shape index (κ1) is 12.0. The van der Waals surface area contributed by atoms with Gasteiger partial charge in [-0.25, -0.2) is 4.98 Å². The van der Waals surface area contributed by atoms with E-state index in [9.17, 15) is 4.79 Å². The molecule has 78 valence electrons. The zero-order valence-corrected chi connectivity index (χ0v) is 10.6. The average Bonchev–Trinajstić information content (AvgIpc) is 2.20. The van der Waals surface area contributed by atoms with Gasteiger partial charge in [0.25, 0.3) is 5.56 Å². The number of nitrogens with zero attached hydrogens (tertiary/aromatic N) is 1. The van der Waals surface area contributed by atoms with E-state index >= 15 is 0 Å². The minimum Gasteiger partial charge on any atom is -0.396 e. The molecule has 1 aromatic rings. The molecule has 1 rings (SSSR count). The minimum absolute atomic E-state index is 0.111. The fourth-order valence-corrected chi connectivity index (χ4v) is 2.40. The molecule has 0 fully saturated rings. The number of aliphatic hydroxyl groups is 1. The van der Waals surface area contributed by atoms with Crippen molar-refractivity contribution in [3.8, 4) is 0 Å². The molecule has 0 radical (unpaired) electrons. The Morgan fingerprint density at radius 3 is 3.14 bits per heavy atom. The molecule has 2 N–H and O–H groups in total. The predicted molar refractivity (Wildman–Crippen MR) is 64.5 cm³/mol. The summed E-state index contributed by atoms with van der Waals surface area (Å²) in [5.41, 5.74) is -0.111. The van der Waals surface area contributed by atoms with Gasteiger partial charge in [-0.15, -0.1) is 11.8 Å². The molecule has 1 heterocycles. The lowest BCUT2D eigenvalue weighted by Gasteiger charge is -2.06. The van der Waals surface area contributed by atoms with E-state index in [2.05, 4.69) is 9.97 Å². The molecule has 0 aliphatic rings. The van der Waals surface area contributed by atoms with Crippen LogP contribution in [0.1, 0.15) is 6.92 Å². The Hall–Kier alpha value is -0.0800. The molecule has 0 bridgehead atoms. The summed E-state index contributed by atoms with van der Waals surface area (Å²) in [5, 5.41) is 9.56. The Morgan fingerprint density at radius 2 is 2.50 bits per heavy atom. The molecule has 0 aliphatic heterocycles. The van der Waals surface area contributed by atoms with Gasteiger partial charge in [-0.1, -0.05) is 6.92 Å². The van der Waals surface area contributed by atoms with Gasteiger partial charge in [-0.3, -0.25) is 4.79 Å². The summed E-state index contributed by atoms with van der Waals surface area (Å²) >= 11 is 3.47. The highest BCUT2D eigenvalue weighted by molar-refractivity contribution is 14.1. The normalized spacial score (nSPS) is 12.8. The quantitative estimate of drug-likeness (QED) is 0.494. The van der Waals surface area contributed by atoms with Crippen LogP contribution in [0.15, 0.2) is 16.1 Å². The molecule has 4 nitrogen and oxygen atoms in total. The summed E-state index contributed by atoms with van der Waals surface area (Å²) in [4.78, 5) is 17.8. The van der Waals surface area contributed by atoms with Crippen LogP contribution in [0.3, 0.4) is 0 Å². The number of H-pyrrole nitrogens is 1. The molecule has 0 saturated heterocycles. The van der Waals surface area contributed by atoms with Gasteiger partial charge in [0.1, 0.15) is 8.60 Å². The molecule has 6 heteroatoms. The van der Waals surface area contributed by atoms with Crippen molar-refractivity contribution in [1.29, 1.82) is 0 Å². The first-order valence-electron chi connectivity index (χ1n) is 4.12. The number of hydrogen-bond donors (Lipinski definition) is 2. The lowest BCUT2D eigenvalue weighted by Crippen LogP contribution is -2.12. The monoisotopic (exact) mass is 326 g/mol. The van der Waals surface area contributed by atoms with Crippen LogP contribution >= 0.6 is 34.4 Å². The van der Waals surface area contributed by atoms with Crippen molar-refractivity contribution in [3.05, 3.63) is 20.3 Å². The molecule has 0 amide bonds. The van der Waals surface area contributed by atoms with E-state index in [0.717, 1.165) is 10.8 Å². The number of nitrogens with one attached hydrogen (secondary N) is 1. The van der Waals surface area contributed by atoms with Crippen LogP contribution in [0, 0.1) is 9.49 Å². The fraction of sp³-hybridized carbons (Fsp3) is 0.500. The Kier molecular flexibility index (Phi) is 4.90. The van der Waals surface area contributed by atoms with E-state index < -0.39 is 0 Å². The average molecular weight is 326 g/mol. The summed E-state index contributed by atoms with van der Waals surface area (Å²) in [6, 6.07) is 0. The van der Waals surface area contributed by atoms with Crippen LogP contribution in [-0.2, 0) is 0 Å². The van der Waals surface area contributed by atoms with Crippen molar-refractivity contribution in [2.75, 3.05) is 12.4 Å². The largest absolute Gasteiger partial charge is 0.396 e. The zero-order valence-electron chi connectivity index (χ0n) is 7.66. The van der Waals surface area contributed by atoms with Crippen molar-refractivity contribution in [2.45, 2.75) is 11.9 Å². The maximum atomic E-state index is 11.2. The smallest absolute Gasteiger partial charge is 0.265 e. The number of aromatic amines is 1. The number of hydrogen-bond acceptors (Lipinski definition) is 4. The molecule has 0 aliphatic carbocycles. The van der Waals surface area contributed by atoms with Crippen LogP contribution < -0.4 is 5.56 Å². The van der Waals surface area contributed by atoms with E-state index in [0.29, 0.717) is 3.57 Å². The highest BCUT2D eigenvalue weighted by Gasteiger charge is 2.07. The third kappa shape index (κ3) is 3.25. The molecule has 1 unspecified atom stereocenters. The Labute approximate surface area is 99.7 Å². The number of thioether (sulfide) groups is 1. The molecular formula is C8H11IN2O2S. The van der Waals surface area contributed by atoms with Crippen LogP contribution in [0.5, 0.6) is 0 Å². The van der Waals surface area contributed by atoms with Gasteiger partial charge in [0.15, 0.2) is 0 Å². The zero-order chi connectivity index (χ0) is 10.6. The second kappa shape index (κ2) is 5.72. The van der Waals surface area contributed by atoms with Crippen molar-refractivity contribution in [1.82, 2.24) is 9.97 Å². The van der Waals surface area contributed by atoms with E-state index in [-0.39, 0.29) is 18.1 Å². The first-order valence-corrected chi connectivity index (χ1v) is 6.18. The topological polar surface area (TPSA) is 66.0 Å². The minimum atomic E-state index is -0.111. The fourth-order valence-electron chi connectivity index (χ4n) is 0.741. The summed E-state index contributed by atoms with van der Waals surface area (Å²) in [6.45, 7) is 2.11. The van der Waals surface area contributed by atoms with Crippen LogP contribution in [0.4, 0.5) is 0 Å². The van der Waals surface area contributed by atoms with Crippen LogP contribution in [-0.4, -0.2) is 27.4 Å². The standard InChI is InChI=1S/C8H11IN2O2S/c1-5(2-12)3-14-8-6(9)7(13)10-4-11-8/h4-5,12H,2-3H2,1H3,(H,10,11,13). The molecule has 0 saturated carbocycles. The number of aliphatic hydroxyl groups excluding tert-OH is 1. The van der Waals surface area contributed by atoms with E-state index in [4.69, 9.17) is 5.11 Å². The highest BCUT2D eigenvalue weighted by atomic mass is 127. The number of rotatable bonds is 4. The summed E-state index contributed by atoms with van der Waals surface area (Å²) in [6.07, 6.45) is 1.40. The summed E-state index contributed by atoms with van der Waals surface area (Å²) < 4.78 is 0.611. The Bertz CT molecular complexity index is 355. The van der Waals surface area contributed by atoms with Crippen molar-refractivity contribution < 1.29 is 5.11 Å². The maximum Gasteiger partial charge on any atom is 0.265 e. The molecule has 1 atom stereocenters. The van der Waals surface area contributed by atoms with Gasteiger partial charge >= 0.3 is 0 Å². The van der Waals surface area contributed by atoms with E-state index in [1.54, 1.807) is 0 Å². The van der Waals surface area contributed by atoms with Gasteiger partial charge < -0.3 is 10.1 Å². The maximum absolute atomic E-state index is 11.2. The Balaban J connectivity index is 2.68. The molecule has 0 aromatic carbocycles. The number of halogens is 1. The summed E-state index contributed by atoms with van der Waals surface area (Å²) in [5.74, 6) is 0.986. The Morgan fingerprint density at radius 1 is 1.79 bits per heavy atom. The van der Waals surface area contributed by atoms with Crippen molar-refractivity contribution >= 4 is 34.4 Å². The predicted octanol–water partition coefficient (Wildman–Crippen LogP) is 1.09. The molecule has 1 aromatic heterocycles. The SMILES string of the molecule is CC(CO)CSc1nc[nH]c(=O)c1I. The third-order valence-corrected chi connectivity index (χ3v) is 4.27. The molecule has 14 heavy (non-hydrogen) atoms. The lowest BCUT2D eigenvalue weighted by atomic mass is 10.2. The van der Waals surface area contributed by atoms with Gasteiger partial charge in [-0.05, 0) is 28.5 Å². The number of aromatic nitrogens is 2. The van der Waals surface area contributed by atoms with E-state index in [1.807, 2.05) is 29.5 Å². The lowest BCUT2D eigenvalue weighted by molar-refractivity contribution is 0.250. The second-order valence-corrected chi connectivity index (χ2v) is 5.04.